The van der Waals surface area contributed by atoms with E-state index >= 15 is 0 Å². The molecule has 8 fully saturated rings. The molecule has 9 aliphatic rings. The molecule has 4 saturated carbocycles. The van der Waals surface area contributed by atoms with Crippen LogP contribution in [0.5, 0.6) is 0 Å². The zero-order valence-corrected chi connectivity index (χ0v) is 53.2. The van der Waals surface area contributed by atoms with Crippen LogP contribution in [-0.2, 0) is 61.8 Å². The Bertz CT molecular complexity index is 2700. The first-order valence-corrected chi connectivity index (χ1v) is 31.7. The van der Waals surface area contributed by atoms with Gasteiger partial charge in [0, 0.05) is 22.0 Å². The second kappa shape index (κ2) is 27.0. The molecule has 15 N–H and O–H groups in total. The Balaban J connectivity index is 1.06. The van der Waals surface area contributed by atoms with Crippen molar-refractivity contribution >= 4 is 17.9 Å². The zero-order valence-electron chi connectivity index (χ0n) is 53.2. The van der Waals surface area contributed by atoms with Gasteiger partial charge in [0.1, 0.15) is 91.6 Å². The number of aliphatic carboxylic acids is 1. The summed E-state index contributed by atoms with van der Waals surface area (Å²) in [7, 11) is 0. The number of carbonyl (C=O) groups excluding carboxylic acids is 2. The van der Waals surface area contributed by atoms with E-state index in [-0.39, 0.29) is 30.3 Å². The van der Waals surface area contributed by atoms with Crippen LogP contribution in [-0.4, -0.2) is 269 Å². The molecule has 31 atom stereocenters. The van der Waals surface area contributed by atoms with Crippen molar-refractivity contribution in [3.8, 4) is 0 Å². The molecule has 5 aliphatic carbocycles. The Kier molecular flexibility index (Phi) is 21.4. The predicted molar refractivity (Wildman–Crippen MR) is 309 cm³/mol. The molecule has 4 saturated heterocycles. The van der Waals surface area contributed by atoms with Gasteiger partial charge >= 0.3 is 17.9 Å². The number of carboxylic acid groups (broad SMARTS) is 1. The minimum atomic E-state index is -2.30. The number of aliphatic hydroxyl groups excluding tert-OH is 14. The number of carboxylic acids is 1. The normalized spacial score (nSPS) is 50.0. The Morgan fingerprint density at radius 1 is 0.593 bits per heavy atom. The Hall–Kier alpha value is -3.25. The van der Waals surface area contributed by atoms with Gasteiger partial charge in [-0.05, 0) is 107 Å². The van der Waals surface area contributed by atoms with Crippen LogP contribution in [0.4, 0.5) is 0 Å². The summed E-state index contributed by atoms with van der Waals surface area (Å²) in [6.45, 7) is 15.2. The highest BCUT2D eigenvalue weighted by Gasteiger charge is 2.74. The van der Waals surface area contributed by atoms with Gasteiger partial charge in [-0.25, -0.2) is 14.4 Å². The minimum Gasteiger partial charge on any atom is -0.479 e. The van der Waals surface area contributed by atoms with Gasteiger partial charge in [0.05, 0.1) is 50.7 Å². The van der Waals surface area contributed by atoms with Crippen molar-refractivity contribution in [3.63, 3.8) is 0 Å². The topological polar surface area (TPSA) is 447 Å². The standard InChI is InChI=1S/C63H98O28/c1-11-26(3)52(80)90-49-50(91-53(81)27(4)12-2)63(25-67)29(19-58(49,5)6)28-13-14-34-59(7)17-16-36(60(8,24-66)33(59)15-18-61(34,9)62(28,10)20-35(63)69)85-57-48(89-55-43(76)41(74)39(72)32(22-65)84-55)45(44(77)46(87-57)51(78)79)86-56-47(37(70)30(68)23-82-56)88-54-42(75)40(73)38(71)31(21-64)83-54/h11-13,29-50,54-57,64-77H,14-25H2,1-10H3,(H,78,79)/b26-11-,27-12-/t29?,30-,31+,32+,33?,34?,35+,36-,37-,38+,39-,40-,41-,42+,43+,44-,45-,46-,47+,48+,49-,50-,54-,55-,56-,57+,59-,60-,61+,62+,63-/m0/s1. The number of carbonyl (C=O) groups is 3. The summed E-state index contributed by atoms with van der Waals surface area (Å²) in [4.78, 5) is 40.8. The number of allylic oxidation sites excluding steroid dienone is 4. The molecular weight excluding hydrogens is 1200 g/mol. The third kappa shape index (κ3) is 12.0. The van der Waals surface area contributed by atoms with E-state index in [1.165, 1.54) is 0 Å². The van der Waals surface area contributed by atoms with E-state index in [1.54, 1.807) is 39.8 Å². The quantitative estimate of drug-likeness (QED) is 0.0327. The van der Waals surface area contributed by atoms with Gasteiger partial charge in [0.25, 0.3) is 0 Å². The zero-order chi connectivity index (χ0) is 67.2. The number of esters is 2. The SMILES string of the molecule is C/C=C(/C)C(=O)O[C@H]1[C@H](OC(=O)/C(C)=C\C)[C@@]2(CO)C(CC1(C)C)C1=CCC3[C@@]4(C)CC[C@H](O[C@@H]5O[C@H](C(=O)O)[C@@H](O)[C@H](O[C@@H]6OC[C@H](O)[C@H](O)[C@H]6O[C@@H]6O[C@H](CO)[C@@H](O)[C@H](O)[C@H]6O)[C@H]5O[C@@H]5O[C@H](CO)[C@H](O)[C@H](O)[C@H]5O)[C@@](C)(CO)C4CC[C@@]3(C)[C@]1(C)C[C@H]2O. The molecule has 0 aromatic heterocycles. The molecule has 91 heavy (non-hydrogen) atoms. The largest absolute Gasteiger partial charge is 0.479 e. The summed E-state index contributed by atoms with van der Waals surface area (Å²) in [5, 5.41) is 167. The first-order chi connectivity index (χ1) is 42.7. The van der Waals surface area contributed by atoms with E-state index in [0.29, 0.717) is 37.7 Å². The molecule has 0 bridgehead atoms. The number of hydrogen-bond donors (Lipinski definition) is 15. The van der Waals surface area contributed by atoms with Crippen LogP contribution in [0.1, 0.15) is 114 Å². The van der Waals surface area contributed by atoms with E-state index in [4.69, 9.17) is 47.4 Å². The molecular formula is C63H98O28. The number of ether oxygens (including phenoxy) is 10. The van der Waals surface area contributed by atoms with Crippen molar-refractivity contribution in [2.45, 2.75) is 255 Å². The van der Waals surface area contributed by atoms with Crippen LogP contribution >= 0.6 is 0 Å². The summed E-state index contributed by atoms with van der Waals surface area (Å²) >= 11 is 0. The average molecular weight is 1300 g/mol. The van der Waals surface area contributed by atoms with E-state index in [9.17, 15) is 91.0 Å². The summed E-state index contributed by atoms with van der Waals surface area (Å²) in [5.74, 6) is -4.16. The lowest BCUT2D eigenvalue weighted by atomic mass is 9.33. The molecule has 0 amide bonds. The van der Waals surface area contributed by atoms with Crippen molar-refractivity contribution in [2.75, 3.05) is 33.0 Å². The molecule has 28 heteroatoms. The highest BCUT2D eigenvalue weighted by atomic mass is 16.8. The maximum Gasteiger partial charge on any atom is 0.335 e. The van der Waals surface area contributed by atoms with Crippen LogP contribution in [0.25, 0.3) is 0 Å². The van der Waals surface area contributed by atoms with E-state index < -0.39 is 230 Å². The average Bonchev–Trinajstić information content (AvgIpc) is 0.672. The van der Waals surface area contributed by atoms with Crippen LogP contribution < -0.4 is 0 Å². The molecule has 0 radical (unpaired) electrons. The van der Waals surface area contributed by atoms with Gasteiger partial charge in [-0.1, -0.05) is 65.3 Å². The van der Waals surface area contributed by atoms with Crippen LogP contribution in [0, 0.1) is 50.2 Å². The Morgan fingerprint density at radius 3 is 1.67 bits per heavy atom. The van der Waals surface area contributed by atoms with Gasteiger partial charge in [-0.3, -0.25) is 0 Å². The number of aliphatic hydroxyl groups is 14. The summed E-state index contributed by atoms with van der Waals surface area (Å²) in [6, 6.07) is 0. The highest BCUT2D eigenvalue weighted by Crippen LogP contribution is 2.76. The minimum absolute atomic E-state index is 0.124. The second-order valence-corrected chi connectivity index (χ2v) is 28.7. The van der Waals surface area contributed by atoms with Crippen molar-refractivity contribution in [1.82, 2.24) is 0 Å². The molecule has 518 valence electrons. The monoisotopic (exact) mass is 1300 g/mol. The van der Waals surface area contributed by atoms with Crippen molar-refractivity contribution in [3.05, 3.63) is 34.9 Å². The molecule has 28 nitrogen and oxygen atoms in total. The molecule has 0 aromatic carbocycles. The van der Waals surface area contributed by atoms with E-state index in [2.05, 4.69) is 26.8 Å². The van der Waals surface area contributed by atoms with Crippen LogP contribution in [0.15, 0.2) is 34.9 Å². The molecule has 3 unspecified atom stereocenters. The molecule has 4 heterocycles. The summed E-state index contributed by atoms with van der Waals surface area (Å²) in [6.07, 6.45) is -34.1. The van der Waals surface area contributed by atoms with Crippen LogP contribution in [0.2, 0.25) is 0 Å². The van der Waals surface area contributed by atoms with Crippen molar-refractivity contribution < 1.29 is 138 Å². The molecule has 4 aliphatic heterocycles. The molecule has 0 spiro atoms. The fraction of sp³-hybridized carbons (Fsp3) is 0.857. The second-order valence-electron chi connectivity index (χ2n) is 28.7. The maximum atomic E-state index is 13.9. The predicted octanol–water partition coefficient (Wildman–Crippen LogP) is -1.91. The lowest BCUT2D eigenvalue weighted by Crippen LogP contribution is -2.72. The highest BCUT2D eigenvalue weighted by molar-refractivity contribution is 5.89. The number of fused-ring (bicyclic) bond motifs is 7. The first-order valence-electron chi connectivity index (χ1n) is 31.7. The lowest BCUT2D eigenvalue weighted by Gasteiger charge is -2.72. The Labute approximate surface area is 528 Å². The van der Waals surface area contributed by atoms with Gasteiger partial charge in [0.15, 0.2) is 37.4 Å². The number of hydrogen-bond acceptors (Lipinski definition) is 27. The van der Waals surface area contributed by atoms with Gasteiger partial charge in [0.2, 0.25) is 0 Å². The third-order valence-electron chi connectivity index (χ3n) is 23.5. The van der Waals surface area contributed by atoms with Crippen molar-refractivity contribution in [1.29, 1.82) is 0 Å². The fourth-order valence-corrected chi connectivity index (χ4v) is 17.6. The summed E-state index contributed by atoms with van der Waals surface area (Å²) < 4.78 is 61.3. The van der Waals surface area contributed by atoms with Gasteiger partial charge in [-0.2, -0.15) is 0 Å². The third-order valence-corrected chi connectivity index (χ3v) is 23.5. The number of rotatable bonds is 17. The first kappa shape index (κ1) is 72.0. The van der Waals surface area contributed by atoms with Crippen molar-refractivity contribution in [2.24, 2.45) is 50.2 Å². The van der Waals surface area contributed by atoms with Gasteiger partial charge in [-0.15, -0.1) is 0 Å². The molecule has 9 rings (SSSR count). The van der Waals surface area contributed by atoms with Crippen LogP contribution in [0.3, 0.4) is 0 Å². The smallest absolute Gasteiger partial charge is 0.335 e. The fourth-order valence-electron chi connectivity index (χ4n) is 17.6. The summed E-state index contributed by atoms with van der Waals surface area (Å²) in [5.41, 5.74) is -3.97. The molecule has 0 aromatic rings. The van der Waals surface area contributed by atoms with E-state index in [1.807, 2.05) is 20.8 Å². The van der Waals surface area contributed by atoms with E-state index in [0.717, 1.165) is 5.57 Å². The van der Waals surface area contributed by atoms with Gasteiger partial charge < -0.3 is 124 Å². The maximum absolute atomic E-state index is 13.9. The lowest BCUT2D eigenvalue weighted by molar-refractivity contribution is -0.401. The Morgan fingerprint density at radius 2 is 1.14 bits per heavy atom.